The molecule has 1 heterocycles. The van der Waals surface area contributed by atoms with E-state index in [9.17, 15) is 9.90 Å². The number of piperazine rings is 1. The molecule has 1 N–H and O–H groups in total. The Morgan fingerprint density at radius 2 is 1.79 bits per heavy atom. The van der Waals surface area contributed by atoms with E-state index in [2.05, 4.69) is 23.8 Å². The van der Waals surface area contributed by atoms with E-state index in [-0.39, 0.29) is 0 Å². The van der Waals surface area contributed by atoms with Crippen molar-refractivity contribution in [2.75, 3.05) is 39.8 Å². The van der Waals surface area contributed by atoms with E-state index in [1.54, 1.807) is 0 Å². The Labute approximate surface area is 118 Å². The van der Waals surface area contributed by atoms with E-state index in [1.807, 2.05) is 0 Å². The van der Waals surface area contributed by atoms with Crippen LogP contribution in [-0.2, 0) is 4.79 Å². The number of likely N-dealkylation sites (N-methyl/N-ethyl adjacent to an activating group) is 1. The molecule has 0 aromatic carbocycles. The first-order valence-corrected chi connectivity index (χ1v) is 7.41. The molecule has 0 aromatic rings. The maximum atomic E-state index is 11.3. The minimum Gasteiger partial charge on any atom is -0.481 e. The van der Waals surface area contributed by atoms with Gasteiger partial charge in [0.15, 0.2) is 0 Å². The SMILES string of the molecule is [B]C(CCCC)(CCCN1CCN(C)CC1)C(=O)O. The van der Waals surface area contributed by atoms with Gasteiger partial charge in [0.2, 0.25) is 0 Å². The third kappa shape index (κ3) is 5.53. The molecule has 1 unspecified atom stereocenters. The summed E-state index contributed by atoms with van der Waals surface area (Å²) in [5.74, 6) is -0.848. The van der Waals surface area contributed by atoms with Crippen LogP contribution >= 0.6 is 0 Å². The van der Waals surface area contributed by atoms with E-state index in [1.165, 1.54) is 0 Å². The van der Waals surface area contributed by atoms with Crippen molar-refractivity contribution >= 4 is 13.8 Å². The van der Waals surface area contributed by atoms with Crippen molar-refractivity contribution in [3.05, 3.63) is 0 Å². The molecule has 0 bridgehead atoms. The quantitative estimate of drug-likeness (QED) is 0.678. The standard InChI is InChI=1S/C14H27BN2O2/c1-3-4-6-14(15,13(18)19)7-5-8-17-11-9-16(2)10-12-17/h3-12H2,1-2H3,(H,18,19). The molecule has 108 valence electrons. The van der Waals surface area contributed by atoms with E-state index < -0.39 is 11.3 Å². The maximum Gasteiger partial charge on any atom is 0.300 e. The Morgan fingerprint density at radius 1 is 1.21 bits per heavy atom. The second-order valence-corrected chi connectivity index (χ2v) is 5.81. The third-order valence-electron chi connectivity index (χ3n) is 4.10. The van der Waals surface area contributed by atoms with Gasteiger partial charge in [-0.05, 0) is 32.9 Å². The molecule has 0 saturated carbocycles. The van der Waals surface area contributed by atoms with E-state index in [0.717, 1.165) is 52.0 Å². The summed E-state index contributed by atoms with van der Waals surface area (Å²) >= 11 is 0. The highest BCUT2D eigenvalue weighted by Gasteiger charge is 2.31. The lowest BCUT2D eigenvalue weighted by Gasteiger charge is -2.33. The average molecular weight is 266 g/mol. The number of carboxylic acids is 1. The number of aliphatic carboxylic acids is 1. The van der Waals surface area contributed by atoms with E-state index >= 15 is 0 Å². The largest absolute Gasteiger partial charge is 0.481 e. The number of carbonyl (C=O) groups is 1. The van der Waals surface area contributed by atoms with Crippen LogP contribution in [0, 0.1) is 0 Å². The lowest BCUT2D eigenvalue weighted by molar-refractivity contribution is -0.141. The summed E-state index contributed by atoms with van der Waals surface area (Å²) in [6.07, 6.45) is 3.91. The maximum absolute atomic E-state index is 11.3. The van der Waals surface area contributed by atoms with Gasteiger partial charge in [0.1, 0.15) is 0 Å². The smallest absolute Gasteiger partial charge is 0.300 e. The summed E-state index contributed by atoms with van der Waals surface area (Å²) in [4.78, 5) is 16.0. The Balaban J connectivity index is 2.30. The van der Waals surface area contributed by atoms with Gasteiger partial charge in [-0.15, -0.1) is 0 Å². The van der Waals surface area contributed by atoms with Gasteiger partial charge in [-0.25, -0.2) is 0 Å². The first-order chi connectivity index (χ1) is 8.98. The predicted molar refractivity (Wildman–Crippen MR) is 78.8 cm³/mol. The normalized spacial score (nSPS) is 21.2. The highest BCUT2D eigenvalue weighted by Crippen LogP contribution is 2.34. The molecule has 0 amide bonds. The Bertz CT molecular complexity index is 281. The molecule has 5 heteroatoms. The fourth-order valence-electron chi connectivity index (χ4n) is 2.52. The zero-order valence-electron chi connectivity index (χ0n) is 12.4. The molecule has 1 aliphatic rings. The number of unbranched alkanes of at least 4 members (excludes halogenated alkanes) is 1. The van der Waals surface area contributed by atoms with Crippen molar-refractivity contribution in [1.29, 1.82) is 0 Å². The molecule has 2 radical (unpaired) electrons. The summed E-state index contributed by atoms with van der Waals surface area (Å²) in [6.45, 7) is 7.38. The van der Waals surface area contributed by atoms with Crippen LogP contribution in [0.15, 0.2) is 0 Å². The fourth-order valence-corrected chi connectivity index (χ4v) is 2.52. The van der Waals surface area contributed by atoms with Crippen molar-refractivity contribution in [2.45, 2.75) is 44.3 Å². The molecule has 1 fully saturated rings. The molecule has 19 heavy (non-hydrogen) atoms. The molecular weight excluding hydrogens is 239 g/mol. The van der Waals surface area contributed by atoms with Crippen molar-refractivity contribution in [3.63, 3.8) is 0 Å². The van der Waals surface area contributed by atoms with E-state index in [4.69, 9.17) is 7.85 Å². The summed E-state index contributed by atoms with van der Waals surface area (Å²) in [5.41, 5.74) is 0. The van der Waals surface area contributed by atoms with Crippen molar-refractivity contribution < 1.29 is 9.90 Å². The van der Waals surface area contributed by atoms with Gasteiger partial charge in [0.05, 0.1) is 7.85 Å². The molecule has 0 aliphatic carbocycles. The highest BCUT2D eigenvalue weighted by molar-refractivity contribution is 6.26. The van der Waals surface area contributed by atoms with Crippen LogP contribution < -0.4 is 0 Å². The third-order valence-corrected chi connectivity index (χ3v) is 4.10. The summed E-state index contributed by atoms with van der Waals surface area (Å²) in [6, 6.07) is 0. The molecule has 1 aliphatic heterocycles. The Kier molecular flexibility index (Phi) is 6.87. The lowest BCUT2D eigenvalue weighted by atomic mass is 9.63. The second-order valence-electron chi connectivity index (χ2n) is 5.81. The minimum absolute atomic E-state index is 0.578. The number of hydrogen-bond acceptors (Lipinski definition) is 3. The van der Waals surface area contributed by atoms with Crippen molar-refractivity contribution in [2.24, 2.45) is 0 Å². The summed E-state index contributed by atoms with van der Waals surface area (Å²) < 4.78 is 0. The first kappa shape index (κ1) is 16.5. The molecule has 1 saturated heterocycles. The Morgan fingerprint density at radius 3 is 2.32 bits per heavy atom. The average Bonchev–Trinajstić information content (AvgIpc) is 2.38. The van der Waals surface area contributed by atoms with Crippen LogP contribution in [0.2, 0.25) is 5.31 Å². The van der Waals surface area contributed by atoms with Gasteiger partial charge in [-0.2, -0.15) is 0 Å². The molecular formula is C14H27BN2O2. The second kappa shape index (κ2) is 7.90. The lowest BCUT2D eigenvalue weighted by Crippen LogP contribution is -2.44. The highest BCUT2D eigenvalue weighted by atomic mass is 16.4. The van der Waals surface area contributed by atoms with Crippen LogP contribution in [0.5, 0.6) is 0 Å². The summed E-state index contributed by atoms with van der Waals surface area (Å²) in [7, 11) is 8.17. The fraction of sp³-hybridized carbons (Fsp3) is 0.929. The number of nitrogens with zero attached hydrogens (tertiary/aromatic N) is 2. The number of rotatable bonds is 8. The van der Waals surface area contributed by atoms with Crippen LogP contribution in [0.1, 0.15) is 39.0 Å². The summed E-state index contributed by atoms with van der Waals surface area (Å²) in [5, 5.41) is 8.26. The monoisotopic (exact) mass is 266 g/mol. The van der Waals surface area contributed by atoms with Gasteiger partial charge >= 0.3 is 5.97 Å². The molecule has 1 atom stereocenters. The Hall–Kier alpha value is -0.545. The topological polar surface area (TPSA) is 43.8 Å². The van der Waals surface area contributed by atoms with Gasteiger partial charge in [0.25, 0.3) is 0 Å². The van der Waals surface area contributed by atoms with Crippen molar-refractivity contribution in [3.8, 4) is 0 Å². The van der Waals surface area contributed by atoms with Gasteiger partial charge in [-0.3, -0.25) is 4.79 Å². The first-order valence-electron chi connectivity index (χ1n) is 7.41. The number of hydrogen-bond donors (Lipinski definition) is 1. The van der Waals surface area contributed by atoms with Gasteiger partial charge in [-0.1, -0.05) is 19.8 Å². The van der Waals surface area contributed by atoms with Crippen LogP contribution in [0.4, 0.5) is 0 Å². The predicted octanol–water partition coefficient (Wildman–Crippen LogP) is 1.62. The van der Waals surface area contributed by atoms with Crippen LogP contribution in [0.3, 0.4) is 0 Å². The van der Waals surface area contributed by atoms with Crippen LogP contribution in [0.25, 0.3) is 0 Å². The molecule has 0 spiro atoms. The zero-order chi connectivity index (χ0) is 14.3. The van der Waals surface area contributed by atoms with Crippen molar-refractivity contribution in [1.82, 2.24) is 9.80 Å². The zero-order valence-corrected chi connectivity index (χ0v) is 12.4. The number of carboxylic acid groups (broad SMARTS) is 1. The van der Waals surface area contributed by atoms with Gasteiger partial charge < -0.3 is 14.9 Å². The van der Waals surface area contributed by atoms with E-state index in [0.29, 0.717) is 12.8 Å². The molecule has 1 rings (SSSR count). The van der Waals surface area contributed by atoms with Gasteiger partial charge in [0, 0.05) is 31.5 Å². The molecule has 4 nitrogen and oxygen atoms in total. The minimum atomic E-state index is -1.03. The molecule has 0 aromatic heterocycles. The van der Waals surface area contributed by atoms with Crippen LogP contribution in [-0.4, -0.2) is 68.5 Å².